The van der Waals surface area contributed by atoms with Crippen molar-refractivity contribution in [3.05, 3.63) is 98.6 Å². The third kappa shape index (κ3) is 7.59. The first-order valence-corrected chi connectivity index (χ1v) is 13.2. The number of ether oxygens (including phenoxy) is 1. The van der Waals surface area contributed by atoms with Crippen LogP contribution in [-0.4, -0.2) is 17.0 Å². The smallest absolute Gasteiger partial charge is 0.303 e. The van der Waals surface area contributed by atoms with Crippen molar-refractivity contribution >= 4 is 23.5 Å². The molecule has 1 saturated carbocycles. The monoisotopic (exact) mass is 519 g/mol. The number of nitrogens with one attached hydrogen (secondary N) is 1. The Balaban J connectivity index is 1.59. The van der Waals surface area contributed by atoms with Crippen LogP contribution < -0.4 is 10.1 Å². The Morgan fingerprint density at radius 2 is 1.73 bits per heavy atom. The second kappa shape index (κ2) is 11.8. The van der Waals surface area contributed by atoms with Crippen molar-refractivity contribution < 1.29 is 19.4 Å². The first-order chi connectivity index (χ1) is 17.7. The van der Waals surface area contributed by atoms with Gasteiger partial charge in [0.2, 0.25) is 0 Å². The molecule has 6 heteroatoms. The number of halogens is 1. The van der Waals surface area contributed by atoms with E-state index in [0.29, 0.717) is 27.8 Å². The van der Waals surface area contributed by atoms with E-state index in [-0.39, 0.29) is 31.4 Å². The molecule has 1 fully saturated rings. The number of carbonyl (C=O) groups excluding carboxylic acids is 1. The van der Waals surface area contributed by atoms with E-state index in [0.717, 1.165) is 23.1 Å². The second-order valence-corrected chi connectivity index (χ2v) is 10.6. The van der Waals surface area contributed by atoms with Crippen molar-refractivity contribution in [1.29, 1.82) is 0 Å². The predicted octanol–water partition coefficient (Wildman–Crippen LogP) is 7.13. The summed E-state index contributed by atoms with van der Waals surface area (Å²) in [6.07, 6.45) is 3.51. The summed E-state index contributed by atoms with van der Waals surface area (Å²) in [5, 5.41) is 13.0. The third-order valence-electron chi connectivity index (χ3n) is 6.73. The molecule has 5 nitrogen and oxygen atoms in total. The van der Waals surface area contributed by atoms with Gasteiger partial charge in [0, 0.05) is 12.0 Å². The average Bonchev–Trinajstić information content (AvgIpc) is 3.66. The van der Waals surface area contributed by atoms with Gasteiger partial charge in [0.25, 0.3) is 5.91 Å². The first kappa shape index (κ1) is 26.7. The molecule has 0 saturated heterocycles. The van der Waals surface area contributed by atoms with Crippen LogP contribution in [0.3, 0.4) is 0 Å². The molecule has 1 amide bonds. The van der Waals surface area contributed by atoms with E-state index in [1.807, 2.05) is 37.3 Å². The number of benzene rings is 3. The minimum atomic E-state index is -0.894. The molecule has 1 unspecified atom stereocenters. The lowest BCUT2D eigenvalue weighted by molar-refractivity contribution is -0.136. The van der Waals surface area contributed by atoms with Crippen LogP contribution in [-0.2, 0) is 17.8 Å². The molecular formula is C31H34ClNO4. The van der Waals surface area contributed by atoms with Gasteiger partial charge in [-0.05, 0) is 80.0 Å². The van der Waals surface area contributed by atoms with Gasteiger partial charge in [-0.1, -0.05) is 72.0 Å². The molecule has 194 valence electrons. The number of amides is 1. The van der Waals surface area contributed by atoms with E-state index in [1.165, 1.54) is 24.0 Å². The van der Waals surface area contributed by atoms with Crippen molar-refractivity contribution in [2.45, 2.75) is 65.5 Å². The van der Waals surface area contributed by atoms with Crippen molar-refractivity contribution in [1.82, 2.24) is 5.32 Å². The van der Waals surface area contributed by atoms with E-state index in [1.54, 1.807) is 6.07 Å². The second-order valence-electron chi connectivity index (χ2n) is 10.2. The van der Waals surface area contributed by atoms with Gasteiger partial charge < -0.3 is 15.2 Å². The third-order valence-corrected chi connectivity index (χ3v) is 7.04. The molecule has 2 N–H and O–H groups in total. The number of hydrogen-bond donors (Lipinski definition) is 2. The van der Waals surface area contributed by atoms with Gasteiger partial charge in [-0.2, -0.15) is 0 Å². The van der Waals surface area contributed by atoms with E-state index >= 15 is 0 Å². The molecule has 0 aliphatic heterocycles. The molecule has 0 spiro atoms. The molecule has 4 rings (SSSR count). The molecule has 3 aromatic rings. The minimum absolute atomic E-state index is 0.0440. The fraction of sp³-hybridized carbons (Fsp3) is 0.355. The summed E-state index contributed by atoms with van der Waals surface area (Å²) in [5.74, 6) is 0.119. The van der Waals surface area contributed by atoms with Gasteiger partial charge in [-0.15, -0.1) is 0 Å². The highest BCUT2D eigenvalue weighted by Gasteiger charge is 2.28. The van der Waals surface area contributed by atoms with Crippen LogP contribution in [0.5, 0.6) is 5.75 Å². The number of carboxylic acid groups (broad SMARTS) is 1. The topological polar surface area (TPSA) is 75.6 Å². The number of carboxylic acids is 1. The average molecular weight is 520 g/mol. The Kier molecular flexibility index (Phi) is 8.55. The Bertz CT molecular complexity index is 1280. The SMILES string of the molecule is Cc1cc(C)cc(C(CC2CC2)NC(=O)c2cc(COc3cc(C)ccc3Cl)ccc2CCC(=O)O)c1. The van der Waals surface area contributed by atoms with Gasteiger partial charge in [0.15, 0.2) is 0 Å². The number of aryl methyl sites for hydroxylation is 4. The van der Waals surface area contributed by atoms with Gasteiger partial charge in [0.05, 0.1) is 11.1 Å². The summed E-state index contributed by atoms with van der Waals surface area (Å²) < 4.78 is 5.96. The van der Waals surface area contributed by atoms with Crippen LogP contribution >= 0.6 is 11.6 Å². The minimum Gasteiger partial charge on any atom is -0.487 e. The fourth-order valence-electron chi connectivity index (χ4n) is 4.68. The van der Waals surface area contributed by atoms with E-state index in [2.05, 4.69) is 37.4 Å². The lowest BCUT2D eigenvalue weighted by Gasteiger charge is -2.22. The van der Waals surface area contributed by atoms with Crippen LogP contribution in [0, 0.1) is 26.7 Å². The normalized spacial score (nSPS) is 13.7. The van der Waals surface area contributed by atoms with Crippen molar-refractivity contribution in [3.63, 3.8) is 0 Å². The number of carbonyl (C=O) groups is 2. The summed E-state index contributed by atoms with van der Waals surface area (Å²) in [6, 6.07) is 17.4. The Labute approximate surface area is 223 Å². The molecule has 3 aromatic carbocycles. The summed E-state index contributed by atoms with van der Waals surface area (Å²) >= 11 is 6.28. The molecule has 0 heterocycles. The van der Waals surface area contributed by atoms with Crippen LogP contribution in [0.1, 0.15) is 75.5 Å². The Morgan fingerprint density at radius 3 is 2.41 bits per heavy atom. The summed E-state index contributed by atoms with van der Waals surface area (Å²) in [7, 11) is 0. The molecule has 1 atom stereocenters. The van der Waals surface area contributed by atoms with E-state index in [4.69, 9.17) is 16.3 Å². The zero-order chi connectivity index (χ0) is 26.5. The largest absolute Gasteiger partial charge is 0.487 e. The van der Waals surface area contributed by atoms with E-state index in [9.17, 15) is 14.7 Å². The quantitative estimate of drug-likeness (QED) is 0.282. The highest BCUT2D eigenvalue weighted by atomic mass is 35.5. The van der Waals surface area contributed by atoms with Crippen LogP contribution in [0.15, 0.2) is 54.6 Å². The molecule has 0 aromatic heterocycles. The van der Waals surface area contributed by atoms with Crippen molar-refractivity contribution in [3.8, 4) is 5.75 Å². The summed E-state index contributed by atoms with van der Waals surface area (Å²) in [6.45, 7) is 6.35. The van der Waals surface area contributed by atoms with Crippen molar-refractivity contribution in [2.75, 3.05) is 0 Å². The first-order valence-electron chi connectivity index (χ1n) is 12.8. The Hall–Kier alpha value is -3.31. The Morgan fingerprint density at radius 1 is 1.00 bits per heavy atom. The van der Waals surface area contributed by atoms with Gasteiger partial charge in [0.1, 0.15) is 12.4 Å². The molecule has 37 heavy (non-hydrogen) atoms. The van der Waals surface area contributed by atoms with Crippen LogP contribution in [0.4, 0.5) is 0 Å². The van der Waals surface area contributed by atoms with Crippen LogP contribution in [0.2, 0.25) is 5.02 Å². The number of rotatable bonds is 11. The molecule has 1 aliphatic carbocycles. The van der Waals surface area contributed by atoms with Gasteiger partial charge in [-0.25, -0.2) is 0 Å². The van der Waals surface area contributed by atoms with Crippen LogP contribution in [0.25, 0.3) is 0 Å². The lowest BCUT2D eigenvalue weighted by atomic mass is 9.95. The molecule has 0 radical (unpaired) electrons. The highest BCUT2D eigenvalue weighted by Crippen LogP contribution is 2.38. The zero-order valence-corrected chi connectivity index (χ0v) is 22.4. The summed E-state index contributed by atoms with van der Waals surface area (Å²) in [4.78, 5) is 24.9. The maximum atomic E-state index is 13.7. The maximum absolute atomic E-state index is 13.7. The molecular weight excluding hydrogens is 486 g/mol. The number of hydrogen-bond acceptors (Lipinski definition) is 3. The summed E-state index contributed by atoms with van der Waals surface area (Å²) in [5.41, 5.74) is 6.50. The fourth-order valence-corrected chi connectivity index (χ4v) is 4.85. The highest BCUT2D eigenvalue weighted by molar-refractivity contribution is 6.32. The molecule has 1 aliphatic rings. The predicted molar refractivity (Wildman–Crippen MR) is 146 cm³/mol. The standard InChI is InChI=1S/C31H34ClNO4/c1-19-4-10-27(32)29(15-19)37-18-23-7-8-24(9-11-30(34)35)26(16-23)31(36)33-28(17-22-5-6-22)25-13-20(2)12-21(3)14-25/h4,7-8,10,12-16,22,28H,5-6,9,11,17-18H2,1-3H3,(H,33,36)(H,34,35). The maximum Gasteiger partial charge on any atom is 0.303 e. The van der Waals surface area contributed by atoms with Gasteiger partial charge >= 0.3 is 5.97 Å². The zero-order valence-electron chi connectivity index (χ0n) is 21.6. The van der Waals surface area contributed by atoms with Crippen molar-refractivity contribution in [2.24, 2.45) is 5.92 Å². The lowest BCUT2D eigenvalue weighted by Crippen LogP contribution is -2.30. The van der Waals surface area contributed by atoms with E-state index < -0.39 is 5.97 Å². The number of aliphatic carboxylic acids is 1. The van der Waals surface area contributed by atoms with Gasteiger partial charge in [-0.3, -0.25) is 9.59 Å². The molecule has 0 bridgehead atoms.